The van der Waals surface area contributed by atoms with Crippen LogP contribution in [0.15, 0.2) is 24.3 Å². The Hall–Kier alpha value is -2.83. The van der Waals surface area contributed by atoms with Gasteiger partial charge in [-0.1, -0.05) is 12.1 Å². The molecule has 1 heterocycles. The van der Waals surface area contributed by atoms with Crippen molar-refractivity contribution in [1.82, 2.24) is 24.7 Å². The minimum absolute atomic E-state index is 0.0830. The number of aliphatic carboxylic acids is 2. The number of rotatable bonds is 8. The summed E-state index contributed by atoms with van der Waals surface area (Å²) in [5.74, 6) is -2.28. The molecule has 2 amide bonds. The van der Waals surface area contributed by atoms with Crippen LogP contribution in [-0.4, -0.2) is 136 Å². The minimum atomic E-state index is -1.72. The molecule has 0 aromatic heterocycles. The molecule has 0 spiro atoms. The summed E-state index contributed by atoms with van der Waals surface area (Å²) in [7, 11) is -0.176. The van der Waals surface area contributed by atoms with Crippen LogP contribution in [0.2, 0.25) is 0 Å². The second kappa shape index (κ2) is 14.7. The largest absolute Gasteiger partial charge is 0.480 e. The highest BCUT2D eigenvalue weighted by molar-refractivity contribution is 7.48. The van der Waals surface area contributed by atoms with E-state index in [1.54, 1.807) is 38.7 Å². The molecule has 36 heavy (non-hydrogen) atoms. The van der Waals surface area contributed by atoms with Gasteiger partial charge in [0.15, 0.2) is 0 Å². The molecule has 0 radical (unpaired) electrons. The predicted molar refractivity (Wildman–Crippen MR) is 132 cm³/mol. The van der Waals surface area contributed by atoms with Crippen molar-refractivity contribution < 1.29 is 39.4 Å². The Kier molecular flexibility index (Phi) is 12.0. The average Bonchev–Trinajstić information content (AvgIpc) is 2.81. The number of nitrogens with one attached hydrogen (secondary N) is 1. The SMILES string of the molecule is CNC(=O)c1ccc(CP(O)N2CCN(CC(=O)O)CCN(CC(=O)O)CCN(C(=O)O)CC2)cc1. The summed E-state index contributed by atoms with van der Waals surface area (Å²) in [5, 5.41) is 30.6. The number of carbonyl (C=O) groups excluding carboxylic acids is 1. The lowest BCUT2D eigenvalue weighted by Crippen LogP contribution is -2.47. The van der Waals surface area contributed by atoms with Crippen LogP contribution in [0.4, 0.5) is 4.79 Å². The number of carbonyl (C=O) groups is 4. The molecule has 14 heteroatoms. The summed E-state index contributed by atoms with van der Waals surface area (Å²) in [6, 6.07) is 6.84. The zero-order valence-electron chi connectivity index (χ0n) is 20.2. The molecule has 200 valence electrons. The van der Waals surface area contributed by atoms with Crippen molar-refractivity contribution in [2.75, 3.05) is 72.5 Å². The molecule has 0 bridgehead atoms. The number of nitrogens with zero attached hydrogens (tertiary/aromatic N) is 4. The van der Waals surface area contributed by atoms with Crippen molar-refractivity contribution >= 4 is 32.2 Å². The number of hydrogen-bond acceptors (Lipinski definition) is 8. The molecular formula is C22H34N5O8P. The molecule has 0 saturated carbocycles. The quantitative estimate of drug-likeness (QED) is 0.286. The highest BCUT2D eigenvalue weighted by Crippen LogP contribution is 2.39. The van der Waals surface area contributed by atoms with E-state index in [9.17, 15) is 39.4 Å². The number of hydrogen-bond donors (Lipinski definition) is 5. The summed E-state index contributed by atoms with van der Waals surface area (Å²) in [4.78, 5) is 61.6. The Morgan fingerprint density at radius 3 is 1.78 bits per heavy atom. The van der Waals surface area contributed by atoms with Gasteiger partial charge < -0.3 is 30.4 Å². The van der Waals surface area contributed by atoms with Crippen LogP contribution in [0.5, 0.6) is 0 Å². The van der Waals surface area contributed by atoms with Gasteiger partial charge in [0.05, 0.1) is 13.1 Å². The molecule has 1 unspecified atom stereocenters. The van der Waals surface area contributed by atoms with E-state index in [2.05, 4.69) is 5.32 Å². The minimum Gasteiger partial charge on any atom is -0.480 e. The van der Waals surface area contributed by atoms with E-state index in [0.717, 1.165) is 5.56 Å². The highest BCUT2D eigenvalue weighted by Gasteiger charge is 2.24. The molecule has 1 aliphatic heterocycles. The predicted octanol–water partition coefficient (Wildman–Crippen LogP) is -0.0808. The van der Waals surface area contributed by atoms with Gasteiger partial charge in [0.2, 0.25) is 0 Å². The number of carboxylic acid groups (broad SMARTS) is 3. The van der Waals surface area contributed by atoms with Gasteiger partial charge in [-0.05, 0) is 17.7 Å². The van der Waals surface area contributed by atoms with E-state index in [1.165, 1.54) is 11.9 Å². The first-order valence-corrected chi connectivity index (χ1v) is 12.9. The van der Waals surface area contributed by atoms with Gasteiger partial charge in [-0.3, -0.25) is 28.9 Å². The fourth-order valence-electron chi connectivity index (χ4n) is 3.78. The zero-order valence-corrected chi connectivity index (χ0v) is 21.1. The maximum atomic E-state index is 11.8. The third-order valence-corrected chi connectivity index (χ3v) is 7.50. The van der Waals surface area contributed by atoms with E-state index in [-0.39, 0.29) is 58.3 Å². The Balaban J connectivity index is 2.16. The van der Waals surface area contributed by atoms with Crippen molar-refractivity contribution in [3.63, 3.8) is 0 Å². The van der Waals surface area contributed by atoms with Crippen LogP contribution >= 0.6 is 8.30 Å². The highest BCUT2D eigenvalue weighted by atomic mass is 31.2. The Labute approximate surface area is 210 Å². The van der Waals surface area contributed by atoms with Gasteiger partial charge >= 0.3 is 18.0 Å². The fourth-order valence-corrected chi connectivity index (χ4v) is 5.15. The van der Waals surface area contributed by atoms with Gasteiger partial charge in [-0.25, -0.2) is 4.79 Å². The lowest BCUT2D eigenvalue weighted by Gasteiger charge is -2.34. The maximum absolute atomic E-state index is 11.8. The van der Waals surface area contributed by atoms with Crippen molar-refractivity contribution in [3.8, 4) is 0 Å². The lowest BCUT2D eigenvalue weighted by atomic mass is 10.1. The summed E-state index contributed by atoms with van der Waals surface area (Å²) in [5.41, 5.74) is 1.30. The van der Waals surface area contributed by atoms with Crippen LogP contribution in [-0.2, 0) is 15.8 Å². The van der Waals surface area contributed by atoms with Crippen molar-refractivity contribution in [1.29, 1.82) is 0 Å². The van der Waals surface area contributed by atoms with Crippen molar-refractivity contribution in [2.24, 2.45) is 0 Å². The second-order valence-corrected chi connectivity index (χ2v) is 10.00. The van der Waals surface area contributed by atoms with Gasteiger partial charge in [-0.15, -0.1) is 0 Å². The molecule has 1 aromatic carbocycles. The van der Waals surface area contributed by atoms with Crippen LogP contribution < -0.4 is 5.32 Å². The standard InChI is InChI=1S/C22H34N5O8P/c1-23-21(32)18-4-2-17(3-5-18)16-36(35)27-12-9-25(15-20(30)31)7-6-24(14-19(28)29)8-10-26(11-13-27)22(33)34/h2-5,35H,6-16H2,1H3,(H,23,32)(H,28,29)(H,30,31)(H,33,34). The lowest BCUT2D eigenvalue weighted by molar-refractivity contribution is -0.140. The van der Waals surface area contributed by atoms with Crippen LogP contribution in [0.25, 0.3) is 0 Å². The van der Waals surface area contributed by atoms with Crippen LogP contribution in [0, 0.1) is 0 Å². The molecule has 1 saturated heterocycles. The molecular weight excluding hydrogens is 493 g/mol. The van der Waals surface area contributed by atoms with Gasteiger partial charge in [0.25, 0.3) is 5.91 Å². The molecule has 1 aromatic rings. The number of carboxylic acids is 2. The molecule has 1 aliphatic rings. The van der Waals surface area contributed by atoms with E-state index in [4.69, 9.17) is 0 Å². The second-order valence-electron chi connectivity index (χ2n) is 8.37. The fraction of sp³-hybridized carbons (Fsp3) is 0.545. The summed E-state index contributed by atoms with van der Waals surface area (Å²) in [6.07, 6.45) is -0.844. The molecule has 1 atom stereocenters. The first-order valence-electron chi connectivity index (χ1n) is 11.5. The third kappa shape index (κ3) is 10.0. The summed E-state index contributed by atoms with van der Waals surface area (Å²) < 4.78 is 1.77. The Morgan fingerprint density at radius 1 is 0.806 bits per heavy atom. The summed E-state index contributed by atoms with van der Waals surface area (Å²) in [6.45, 7) is 1.23. The van der Waals surface area contributed by atoms with Crippen molar-refractivity contribution in [2.45, 2.75) is 6.16 Å². The maximum Gasteiger partial charge on any atom is 0.407 e. The normalized spacial score (nSPS) is 18.0. The van der Waals surface area contributed by atoms with E-state index in [1.807, 2.05) is 0 Å². The Bertz CT molecular complexity index is 903. The Morgan fingerprint density at radius 2 is 1.28 bits per heavy atom. The molecule has 1 fully saturated rings. The average molecular weight is 528 g/mol. The van der Waals surface area contributed by atoms with Gasteiger partial charge in [0, 0.05) is 71.1 Å². The van der Waals surface area contributed by atoms with Crippen LogP contribution in [0.3, 0.4) is 0 Å². The molecule has 0 aliphatic carbocycles. The van der Waals surface area contributed by atoms with Crippen molar-refractivity contribution in [3.05, 3.63) is 35.4 Å². The van der Waals surface area contributed by atoms with Crippen LogP contribution in [0.1, 0.15) is 15.9 Å². The monoisotopic (exact) mass is 527 g/mol. The molecule has 13 nitrogen and oxygen atoms in total. The first-order chi connectivity index (χ1) is 17.1. The first kappa shape index (κ1) is 29.4. The molecule has 2 rings (SSSR count). The molecule has 5 N–H and O–H groups in total. The van der Waals surface area contributed by atoms with E-state index < -0.39 is 26.3 Å². The third-order valence-electron chi connectivity index (χ3n) is 5.80. The number of benzene rings is 1. The topological polar surface area (TPSA) is 174 Å². The van der Waals surface area contributed by atoms with E-state index >= 15 is 0 Å². The summed E-state index contributed by atoms with van der Waals surface area (Å²) >= 11 is 0. The van der Waals surface area contributed by atoms with Gasteiger partial charge in [-0.2, -0.15) is 0 Å². The van der Waals surface area contributed by atoms with E-state index in [0.29, 0.717) is 24.8 Å². The zero-order chi connectivity index (χ0) is 26.7. The number of amides is 2. The van der Waals surface area contributed by atoms with Gasteiger partial charge in [0.1, 0.15) is 8.30 Å². The smallest absolute Gasteiger partial charge is 0.407 e.